The van der Waals surface area contributed by atoms with E-state index in [1.165, 1.54) is 7.11 Å². The Morgan fingerprint density at radius 3 is 2.94 bits per heavy atom. The van der Waals surface area contributed by atoms with Gasteiger partial charge in [-0.2, -0.15) is 0 Å². The van der Waals surface area contributed by atoms with Gasteiger partial charge in [-0.05, 0) is 25.0 Å². The molecule has 0 amide bonds. The molecule has 0 aliphatic carbocycles. The fraction of sp³-hybridized carbons (Fsp3) is 0.417. The van der Waals surface area contributed by atoms with Gasteiger partial charge in [0.05, 0.1) is 17.8 Å². The van der Waals surface area contributed by atoms with Crippen LogP contribution in [0.15, 0.2) is 24.3 Å². The number of nitrogens with zero attached hydrogens (tertiary/aromatic N) is 1. The first-order chi connectivity index (χ1) is 7.74. The summed E-state index contributed by atoms with van der Waals surface area (Å²) in [5, 5.41) is 0.679. The van der Waals surface area contributed by atoms with Crippen molar-refractivity contribution in [1.29, 1.82) is 0 Å². The Hall–Kier alpha value is -1.22. The summed E-state index contributed by atoms with van der Waals surface area (Å²) in [4.78, 5) is 13.6. The quantitative estimate of drug-likeness (QED) is 0.743. The highest BCUT2D eigenvalue weighted by molar-refractivity contribution is 6.33. The predicted octanol–water partition coefficient (Wildman–Crippen LogP) is 2.48. The van der Waals surface area contributed by atoms with Gasteiger partial charge in [0, 0.05) is 6.54 Å². The fourth-order valence-corrected chi connectivity index (χ4v) is 2.37. The molecule has 1 atom stereocenters. The zero-order valence-corrected chi connectivity index (χ0v) is 9.91. The predicted molar refractivity (Wildman–Crippen MR) is 63.8 cm³/mol. The fourth-order valence-electron chi connectivity index (χ4n) is 2.12. The molecule has 0 radical (unpaired) electrons. The van der Waals surface area contributed by atoms with Crippen LogP contribution in [0.3, 0.4) is 0 Å². The molecule has 0 unspecified atom stereocenters. The molecular weight excluding hydrogens is 226 g/mol. The molecule has 1 fully saturated rings. The first-order valence-corrected chi connectivity index (χ1v) is 5.71. The Kier molecular flexibility index (Phi) is 3.34. The Bertz CT molecular complexity index is 394. The lowest BCUT2D eigenvalue weighted by Crippen LogP contribution is -2.36. The summed E-state index contributed by atoms with van der Waals surface area (Å²) in [5.74, 6) is -0.183. The third kappa shape index (κ3) is 2.00. The Balaban J connectivity index is 2.27. The first-order valence-electron chi connectivity index (χ1n) is 5.33. The lowest BCUT2D eigenvalue weighted by molar-refractivity contribution is -0.141. The van der Waals surface area contributed by atoms with Crippen LogP contribution in [0.25, 0.3) is 0 Å². The number of benzene rings is 1. The summed E-state index contributed by atoms with van der Waals surface area (Å²) in [5.41, 5.74) is 0.914. The molecule has 3 nitrogen and oxygen atoms in total. The second kappa shape index (κ2) is 4.74. The highest BCUT2D eigenvalue weighted by Gasteiger charge is 2.32. The summed E-state index contributed by atoms with van der Waals surface area (Å²) in [6, 6.07) is 7.39. The third-order valence-corrected chi connectivity index (χ3v) is 3.21. The average molecular weight is 240 g/mol. The zero-order valence-electron chi connectivity index (χ0n) is 9.15. The van der Waals surface area contributed by atoms with E-state index in [4.69, 9.17) is 16.3 Å². The summed E-state index contributed by atoms with van der Waals surface area (Å²) in [6.45, 7) is 0.851. The number of hydrogen-bond donors (Lipinski definition) is 0. The van der Waals surface area contributed by atoms with Crippen LogP contribution in [0.1, 0.15) is 12.8 Å². The third-order valence-electron chi connectivity index (χ3n) is 2.89. The van der Waals surface area contributed by atoms with Crippen LogP contribution in [-0.4, -0.2) is 25.7 Å². The number of hydrogen-bond acceptors (Lipinski definition) is 3. The van der Waals surface area contributed by atoms with E-state index in [2.05, 4.69) is 0 Å². The van der Waals surface area contributed by atoms with Gasteiger partial charge >= 0.3 is 5.97 Å². The van der Waals surface area contributed by atoms with Gasteiger partial charge in [-0.25, -0.2) is 4.79 Å². The average Bonchev–Trinajstić information content (AvgIpc) is 2.77. The monoisotopic (exact) mass is 239 g/mol. The van der Waals surface area contributed by atoms with E-state index >= 15 is 0 Å². The molecule has 16 heavy (non-hydrogen) atoms. The van der Waals surface area contributed by atoms with Crippen molar-refractivity contribution in [3.63, 3.8) is 0 Å². The molecule has 0 bridgehead atoms. The molecule has 1 aliphatic rings. The number of esters is 1. The first kappa shape index (κ1) is 11.3. The van der Waals surface area contributed by atoms with Crippen molar-refractivity contribution in [2.24, 2.45) is 0 Å². The van der Waals surface area contributed by atoms with Crippen LogP contribution < -0.4 is 4.90 Å². The van der Waals surface area contributed by atoms with Gasteiger partial charge in [0.25, 0.3) is 0 Å². The van der Waals surface area contributed by atoms with E-state index < -0.39 is 0 Å². The summed E-state index contributed by atoms with van der Waals surface area (Å²) >= 11 is 6.12. The number of carbonyl (C=O) groups is 1. The van der Waals surface area contributed by atoms with E-state index in [0.29, 0.717) is 5.02 Å². The van der Waals surface area contributed by atoms with E-state index in [1.54, 1.807) is 0 Å². The maximum atomic E-state index is 11.6. The molecule has 1 heterocycles. The van der Waals surface area contributed by atoms with Gasteiger partial charge in [-0.15, -0.1) is 0 Å². The maximum Gasteiger partial charge on any atom is 0.328 e. The lowest BCUT2D eigenvalue weighted by atomic mass is 10.2. The maximum absolute atomic E-state index is 11.6. The second-order valence-corrected chi connectivity index (χ2v) is 4.23. The standard InChI is InChI=1S/C12H14ClNO2/c1-16-12(15)11-7-4-8-14(11)10-6-3-2-5-9(10)13/h2-3,5-6,11H,4,7-8H2,1H3/t11-/m0/s1. The van der Waals surface area contributed by atoms with Crippen molar-refractivity contribution in [1.82, 2.24) is 0 Å². The summed E-state index contributed by atoms with van der Waals surface area (Å²) in [7, 11) is 1.42. The Morgan fingerprint density at radius 1 is 1.50 bits per heavy atom. The van der Waals surface area contributed by atoms with E-state index in [1.807, 2.05) is 29.2 Å². The van der Waals surface area contributed by atoms with Crippen LogP contribution in [0, 0.1) is 0 Å². The van der Waals surface area contributed by atoms with E-state index in [0.717, 1.165) is 25.1 Å². The normalized spacial score (nSPS) is 19.9. The van der Waals surface area contributed by atoms with Crippen LogP contribution in [0.2, 0.25) is 5.02 Å². The molecule has 0 aromatic heterocycles. The lowest BCUT2D eigenvalue weighted by Gasteiger charge is -2.25. The SMILES string of the molecule is COC(=O)[C@@H]1CCCN1c1ccccc1Cl. The largest absolute Gasteiger partial charge is 0.467 e. The number of carbonyl (C=O) groups excluding carboxylic acids is 1. The molecule has 4 heteroatoms. The van der Waals surface area contributed by atoms with Gasteiger partial charge in [-0.3, -0.25) is 0 Å². The number of methoxy groups -OCH3 is 1. The van der Waals surface area contributed by atoms with Crippen LogP contribution in [0.5, 0.6) is 0 Å². The van der Waals surface area contributed by atoms with E-state index in [-0.39, 0.29) is 12.0 Å². The second-order valence-electron chi connectivity index (χ2n) is 3.83. The number of para-hydroxylation sites is 1. The van der Waals surface area contributed by atoms with Gasteiger partial charge in [-0.1, -0.05) is 23.7 Å². The topological polar surface area (TPSA) is 29.5 Å². The van der Waals surface area contributed by atoms with Crippen LogP contribution in [0.4, 0.5) is 5.69 Å². The number of ether oxygens (including phenoxy) is 1. The molecule has 1 aromatic rings. The Morgan fingerprint density at radius 2 is 2.25 bits per heavy atom. The van der Waals surface area contributed by atoms with E-state index in [9.17, 15) is 4.79 Å². The van der Waals surface area contributed by atoms with Crippen molar-refractivity contribution in [2.45, 2.75) is 18.9 Å². The van der Waals surface area contributed by atoms with Crippen molar-refractivity contribution in [2.75, 3.05) is 18.6 Å². The van der Waals surface area contributed by atoms with Gasteiger partial charge in [0.15, 0.2) is 0 Å². The van der Waals surface area contributed by atoms with Crippen LogP contribution >= 0.6 is 11.6 Å². The van der Waals surface area contributed by atoms with Gasteiger partial charge < -0.3 is 9.64 Å². The van der Waals surface area contributed by atoms with Crippen molar-refractivity contribution >= 4 is 23.3 Å². The number of anilines is 1. The molecule has 2 rings (SSSR count). The molecule has 86 valence electrons. The minimum Gasteiger partial charge on any atom is -0.467 e. The minimum atomic E-state index is -0.190. The Labute approximate surface area is 100.0 Å². The summed E-state index contributed by atoms with van der Waals surface area (Å²) < 4.78 is 4.80. The molecular formula is C12H14ClNO2. The summed E-state index contributed by atoms with van der Waals surface area (Å²) in [6.07, 6.45) is 1.82. The van der Waals surface area contributed by atoms with Crippen molar-refractivity contribution < 1.29 is 9.53 Å². The molecule has 1 aliphatic heterocycles. The van der Waals surface area contributed by atoms with Crippen molar-refractivity contribution in [3.05, 3.63) is 29.3 Å². The zero-order chi connectivity index (χ0) is 11.5. The number of rotatable bonds is 2. The number of halogens is 1. The molecule has 0 N–H and O–H groups in total. The highest BCUT2D eigenvalue weighted by Crippen LogP contribution is 2.31. The van der Waals surface area contributed by atoms with Crippen LogP contribution in [-0.2, 0) is 9.53 Å². The molecule has 0 spiro atoms. The van der Waals surface area contributed by atoms with Crippen molar-refractivity contribution in [3.8, 4) is 0 Å². The molecule has 0 saturated carbocycles. The molecule has 1 saturated heterocycles. The van der Waals surface area contributed by atoms with Gasteiger partial charge in [0.1, 0.15) is 6.04 Å². The smallest absolute Gasteiger partial charge is 0.328 e. The molecule has 1 aromatic carbocycles. The minimum absolute atomic E-state index is 0.183. The highest BCUT2D eigenvalue weighted by atomic mass is 35.5. The van der Waals surface area contributed by atoms with Gasteiger partial charge in [0.2, 0.25) is 0 Å².